The molecule has 0 saturated carbocycles. The number of nitrogens with zero attached hydrogens (tertiary/aromatic N) is 2. The summed E-state index contributed by atoms with van der Waals surface area (Å²) in [6.45, 7) is 0. The Kier molecular flexibility index (Phi) is 5.13. The molecule has 0 unspecified atom stereocenters. The van der Waals surface area contributed by atoms with E-state index in [9.17, 15) is 12.8 Å². The van der Waals surface area contributed by atoms with Gasteiger partial charge in [-0.3, -0.25) is 0 Å². The molecule has 0 aliphatic heterocycles. The number of halogens is 3. The van der Waals surface area contributed by atoms with Crippen molar-refractivity contribution in [3.8, 4) is 0 Å². The maximum absolute atomic E-state index is 12.0. The van der Waals surface area contributed by atoms with E-state index in [1.165, 1.54) is 12.1 Å². The Bertz CT molecular complexity index is 431. The molecular weight excluding hydrogens is 298 g/mol. The van der Waals surface area contributed by atoms with Gasteiger partial charge in [0.15, 0.2) is 6.01 Å². The Labute approximate surface area is 107 Å². The van der Waals surface area contributed by atoms with Crippen LogP contribution >= 0.6 is 35.5 Å². The Morgan fingerprint density at radius 1 is 1.25 bits per heavy atom. The van der Waals surface area contributed by atoms with Crippen LogP contribution in [0.2, 0.25) is 0 Å². The van der Waals surface area contributed by atoms with Crippen molar-refractivity contribution in [1.29, 1.82) is 0 Å². The molecular formula is C7H7Cl2FN2O2S2. The van der Waals surface area contributed by atoms with Gasteiger partial charge in [0.2, 0.25) is 0 Å². The summed E-state index contributed by atoms with van der Waals surface area (Å²) in [4.78, 5) is 0. The zero-order valence-corrected chi connectivity index (χ0v) is 10.9. The summed E-state index contributed by atoms with van der Waals surface area (Å²) in [5.41, 5.74) is 0.217. The zero-order chi connectivity index (χ0) is 12.2. The average molecular weight is 305 g/mol. The summed E-state index contributed by atoms with van der Waals surface area (Å²) >= 11 is 11.3. The smallest absolute Gasteiger partial charge is 0.238 e. The van der Waals surface area contributed by atoms with E-state index in [1.54, 1.807) is 18.2 Å². The van der Waals surface area contributed by atoms with Crippen LogP contribution in [0.15, 0.2) is 30.3 Å². The Morgan fingerprint density at radius 2 is 1.81 bits per heavy atom. The fourth-order valence-electron chi connectivity index (χ4n) is 0.840. The molecule has 0 amide bonds. The topological polar surface area (TPSA) is 40.6 Å². The van der Waals surface area contributed by atoms with Crippen LogP contribution in [0.25, 0.3) is 0 Å². The molecule has 1 aromatic rings. The summed E-state index contributed by atoms with van der Waals surface area (Å²) in [7, 11) is -4.13. The third kappa shape index (κ3) is 3.14. The van der Waals surface area contributed by atoms with E-state index in [0.29, 0.717) is 3.82 Å². The second kappa shape index (κ2) is 5.92. The molecule has 0 bridgehead atoms. The van der Waals surface area contributed by atoms with Crippen LogP contribution in [-0.4, -0.2) is 17.7 Å². The van der Waals surface area contributed by atoms with Gasteiger partial charge in [-0.15, -0.1) is 0 Å². The molecule has 0 saturated heterocycles. The van der Waals surface area contributed by atoms with Gasteiger partial charge in [0.25, 0.3) is 0 Å². The fourth-order valence-corrected chi connectivity index (χ4v) is 3.07. The molecule has 0 aliphatic carbocycles. The van der Waals surface area contributed by atoms with Crippen molar-refractivity contribution in [2.24, 2.45) is 0 Å². The SMILES string of the molecule is O=S(=O)(N(Cl)SCF)N(Cl)c1ccccc1. The number of anilines is 1. The molecule has 16 heavy (non-hydrogen) atoms. The molecule has 4 nitrogen and oxygen atoms in total. The van der Waals surface area contributed by atoms with Gasteiger partial charge in [-0.05, 0) is 27.3 Å². The standard InChI is InChI=1S/C7H7Cl2FN2O2S2/c8-11(7-4-2-1-3-5-7)16(13,14)12(9)15-6-10/h1-5H,6H2. The average Bonchev–Trinajstić information content (AvgIpc) is 2.29. The highest BCUT2D eigenvalue weighted by Gasteiger charge is 2.28. The molecule has 90 valence electrons. The quantitative estimate of drug-likeness (QED) is 0.620. The first kappa shape index (κ1) is 13.9. The minimum atomic E-state index is -4.13. The van der Waals surface area contributed by atoms with Crippen LogP contribution in [-0.2, 0) is 10.2 Å². The van der Waals surface area contributed by atoms with Gasteiger partial charge in [-0.25, -0.2) is 4.39 Å². The van der Waals surface area contributed by atoms with Crippen molar-refractivity contribution in [3.05, 3.63) is 30.3 Å². The minimum Gasteiger partial charge on any atom is -0.238 e. The first-order chi connectivity index (χ1) is 7.50. The lowest BCUT2D eigenvalue weighted by Crippen LogP contribution is -2.29. The summed E-state index contributed by atoms with van der Waals surface area (Å²) in [5, 5.41) is 0. The van der Waals surface area contributed by atoms with E-state index in [2.05, 4.69) is 0 Å². The summed E-state index contributed by atoms with van der Waals surface area (Å²) in [6, 6.07) is 6.92. The first-order valence-corrected chi connectivity index (χ1v) is 6.92. The van der Waals surface area contributed by atoms with Crippen molar-refractivity contribution in [1.82, 2.24) is 3.23 Å². The van der Waals surface area contributed by atoms with Crippen molar-refractivity contribution in [2.45, 2.75) is 0 Å². The summed E-state index contributed by atoms with van der Waals surface area (Å²) in [6.07, 6.45) is 0. The number of hydrogen-bond acceptors (Lipinski definition) is 3. The van der Waals surface area contributed by atoms with Crippen molar-refractivity contribution >= 4 is 51.4 Å². The molecule has 0 N–H and O–H groups in total. The van der Waals surface area contributed by atoms with E-state index >= 15 is 0 Å². The number of para-hydroxylation sites is 1. The van der Waals surface area contributed by atoms with Crippen molar-refractivity contribution in [3.63, 3.8) is 0 Å². The molecule has 1 aromatic carbocycles. The highest BCUT2D eigenvalue weighted by atomic mass is 35.5. The molecule has 0 aromatic heterocycles. The second-order valence-electron chi connectivity index (χ2n) is 2.48. The molecule has 0 aliphatic rings. The maximum Gasteiger partial charge on any atom is 0.341 e. The lowest BCUT2D eigenvalue weighted by molar-refractivity contribution is 0.577. The van der Waals surface area contributed by atoms with Crippen LogP contribution in [0.4, 0.5) is 10.1 Å². The lowest BCUT2D eigenvalue weighted by atomic mass is 10.3. The van der Waals surface area contributed by atoms with Gasteiger partial charge in [-0.1, -0.05) is 18.2 Å². The number of benzene rings is 1. The third-order valence-electron chi connectivity index (χ3n) is 1.49. The molecule has 0 radical (unpaired) electrons. The Balaban J connectivity index is 2.93. The highest BCUT2D eigenvalue weighted by Crippen LogP contribution is 2.28. The summed E-state index contributed by atoms with van der Waals surface area (Å²) < 4.78 is 35.9. The summed E-state index contributed by atoms with van der Waals surface area (Å²) in [5.74, 6) is 0. The van der Waals surface area contributed by atoms with E-state index in [0.717, 1.165) is 0 Å². The monoisotopic (exact) mass is 304 g/mol. The Hall–Kier alpha value is -0.210. The van der Waals surface area contributed by atoms with Crippen LogP contribution in [0.3, 0.4) is 0 Å². The van der Waals surface area contributed by atoms with Gasteiger partial charge in [0, 0.05) is 23.6 Å². The van der Waals surface area contributed by atoms with Gasteiger partial charge in [-0.2, -0.15) is 12.2 Å². The van der Waals surface area contributed by atoms with Crippen molar-refractivity contribution in [2.75, 3.05) is 9.83 Å². The van der Waals surface area contributed by atoms with Crippen LogP contribution < -0.4 is 3.82 Å². The third-order valence-corrected chi connectivity index (χ3v) is 5.19. The van der Waals surface area contributed by atoms with Crippen LogP contribution in [0.5, 0.6) is 0 Å². The minimum absolute atomic E-state index is 0.217. The second-order valence-corrected chi connectivity index (χ2v) is 6.46. The molecule has 0 fully saturated rings. The molecule has 0 heterocycles. The van der Waals surface area contributed by atoms with Gasteiger partial charge >= 0.3 is 10.2 Å². The van der Waals surface area contributed by atoms with Crippen LogP contribution in [0, 0.1) is 0 Å². The highest BCUT2D eigenvalue weighted by molar-refractivity contribution is 8.10. The zero-order valence-electron chi connectivity index (χ0n) is 7.76. The van der Waals surface area contributed by atoms with Crippen LogP contribution in [0.1, 0.15) is 0 Å². The normalized spacial score (nSPS) is 11.8. The van der Waals surface area contributed by atoms with E-state index in [4.69, 9.17) is 23.6 Å². The maximum atomic E-state index is 12.0. The number of alkyl halides is 1. The largest absolute Gasteiger partial charge is 0.341 e. The number of rotatable bonds is 5. The number of hydrogen-bond donors (Lipinski definition) is 0. The lowest BCUT2D eigenvalue weighted by Gasteiger charge is -2.19. The molecule has 1 rings (SSSR count). The molecule has 0 spiro atoms. The van der Waals surface area contributed by atoms with Crippen molar-refractivity contribution < 1.29 is 12.8 Å². The first-order valence-electron chi connectivity index (χ1n) is 3.91. The predicted octanol–water partition coefficient (Wildman–Crippen LogP) is 2.92. The van der Waals surface area contributed by atoms with Gasteiger partial charge in [0.05, 0.1) is 5.69 Å². The predicted molar refractivity (Wildman–Crippen MR) is 65.0 cm³/mol. The van der Waals surface area contributed by atoms with E-state index in [1.807, 2.05) is 0 Å². The van der Waals surface area contributed by atoms with E-state index in [-0.39, 0.29) is 20.9 Å². The van der Waals surface area contributed by atoms with E-state index < -0.39 is 16.2 Å². The molecule has 9 heteroatoms. The fraction of sp³-hybridized carbons (Fsp3) is 0.143. The molecule has 0 atom stereocenters. The Morgan fingerprint density at radius 3 is 2.31 bits per heavy atom. The van der Waals surface area contributed by atoms with Gasteiger partial charge < -0.3 is 0 Å². The van der Waals surface area contributed by atoms with Gasteiger partial charge in [0.1, 0.15) is 0 Å².